The van der Waals surface area contributed by atoms with Crippen molar-refractivity contribution in [1.29, 1.82) is 0 Å². The fraction of sp³-hybridized carbons (Fsp3) is 0.333. The van der Waals surface area contributed by atoms with Gasteiger partial charge in [0.2, 0.25) is 5.43 Å². The standard InChI is InChI=1S/C21H20O5/c22-20(23)11-13-5-7-14(8-6-13)25-15-9-10-19-17(12-15)21(24)16-3-1-2-4-18(16)26-19/h1-4,9-10,12-14H,5-8,11H2,(H,22,23). The first-order chi connectivity index (χ1) is 12.6. The highest BCUT2D eigenvalue weighted by Crippen LogP contribution is 2.30. The minimum Gasteiger partial charge on any atom is -0.490 e. The van der Waals surface area contributed by atoms with Crippen LogP contribution < -0.4 is 10.2 Å². The second kappa shape index (κ2) is 6.83. The van der Waals surface area contributed by atoms with Crippen LogP contribution in [0.25, 0.3) is 21.9 Å². The molecule has 1 heterocycles. The van der Waals surface area contributed by atoms with E-state index in [1.165, 1.54) is 0 Å². The summed E-state index contributed by atoms with van der Waals surface area (Å²) in [6.07, 6.45) is 3.68. The van der Waals surface area contributed by atoms with Crippen molar-refractivity contribution >= 4 is 27.9 Å². The average Bonchev–Trinajstić information content (AvgIpc) is 2.64. The predicted octanol–water partition coefficient (Wildman–Crippen LogP) is 4.36. The summed E-state index contributed by atoms with van der Waals surface area (Å²) >= 11 is 0. The van der Waals surface area contributed by atoms with Gasteiger partial charge in [0.1, 0.15) is 16.9 Å². The number of carboxylic acid groups (broad SMARTS) is 1. The zero-order valence-corrected chi connectivity index (χ0v) is 14.3. The first-order valence-corrected chi connectivity index (χ1v) is 8.94. The summed E-state index contributed by atoms with van der Waals surface area (Å²) < 4.78 is 11.9. The maximum Gasteiger partial charge on any atom is 0.303 e. The summed E-state index contributed by atoms with van der Waals surface area (Å²) in [6.45, 7) is 0. The largest absolute Gasteiger partial charge is 0.490 e. The molecule has 0 aliphatic heterocycles. The van der Waals surface area contributed by atoms with Crippen LogP contribution >= 0.6 is 0 Å². The number of para-hydroxylation sites is 1. The molecule has 0 amide bonds. The molecule has 1 aromatic heterocycles. The number of rotatable bonds is 4. The molecule has 5 heteroatoms. The summed E-state index contributed by atoms with van der Waals surface area (Å²) in [5.41, 5.74) is 1.07. The second-order valence-corrected chi connectivity index (χ2v) is 6.94. The zero-order valence-electron chi connectivity index (χ0n) is 14.3. The summed E-state index contributed by atoms with van der Waals surface area (Å²) in [7, 11) is 0. The van der Waals surface area contributed by atoms with E-state index in [1.54, 1.807) is 24.3 Å². The Morgan fingerprint density at radius 2 is 1.77 bits per heavy atom. The summed E-state index contributed by atoms with van der Waals surface area (Å²) in [4.78, 5) is 23.5. The SMILES string of the molecule is O=C(O)CC1CCC(Oc2ccc3oc4ccccc4c(=O)c3c2)CC1. The molecular formula is C21H20O5. The molecule has 26 heavy (non-hydrogen) atoms. The minimum absolute atomic E-state index is 0.0579. The highest BCUT2D eigenvalue weighted by Gasteiger charge is 2.24. The number of carboxylic acids is 1. The molecule has 0 bridgehead atoms. The van der Waals surface area contributed by atoms with Crippen LogP contribution in [0.3, 0.4) is 0 Å². The quantitative estimate of drug-likeness (QED) is 0.706. The van der Waals surface area contributed by atoms with Crippen molar-refractivity contribution in [3.05, 3.63) is 52.7 Å². The van der Waals surface area contributed by atoms with Crippen LogP contribution in [0.15, 0.2) is 51.7 Å². The van der Waals surface area contributed by atoms with Gasteiger partial charge in [-0.15, -0.1) is 0 Å². The molecule has 1 aliphatic carbocycles. The molecule has 1 N–H and O–H groups in total. The predicted molar refractivity (Wildman–Crippen MR) is 98.6 cm³/mol. The number of fused-ring (bicyclic) bond motifs is 2. The lowest BCUT2D eigenvalue weighted by molar-refractivity contribution is -0.138. The van der Waals surface area contributed by atoms with Crippen molar-refractivity contribution in [3.63, 3.8) is 0 Å². The van der Waals surface area contributed by atoms with Gasteiger partial charge in [0, 0.05) is 6.42 Å². The smallest absolute Gasteiger partial charge is 0.303 e. The van der Waals surface area contributed by atoms with E-state index in [2.05, 4.69) is 0 Å². The molecular weight excluding hydrogens is 332 g/mol. The molecule has 0 spiro atoms. The molecule has 134 valence electrons. The lowest BCUT2D eigenvalue weighted by Gasteiger charge is -2.28. The fourth-order valence-electron chi connectivity index (χ4n) is 3.75. The minimum atomic E-state index is -0.733. The monoisotopic (exact) mass is 352 g/mol. The van der Waals surface area contributed by atoms with Crippen molar-refractivity contribution < 1.29 is 19.1 Å². The lowest BCUT2D eigenvalue weighted by Crippen LogP contribution is -2.25. The first kappa shape index (κ1) is 16.6. The number of hydrogen-bond acceptors (Lipinski definition) is 4. The van der Waals surface area contributed by atoms with Crippen LogP contribution in [0.2, 0.25) is 0 Å². The molecule has 2 aromatic carbocycles. The third kappa shape index (κ3) is 3.29. The number of ether oxygens (including phenoxy) is 1. The Morgan fingerprint density at radius 1 is 1.04 bits per heavy atom. The van der Waals surface area contributed by atoms with Gasteiger partial charge in [-0.1, -0.05) is 12.1 Å². The molecule has 1 saturated carbocycles. The van der Waals surface area contributed by atoms with E-state index in [4.69, 9.17) is 14.3 Å². The van der Waals surface area contributed by atoms with Crippen LogP contribution in [0.1, 0.15) is 32.1 Å². The summed E-state index contributed by atoms with van der Waals surface area (Å²) in [5, 5.41) is 9.97. The van der Waals surface area contributed by atoms with Crippen molar-refractivity contribution in [1.82, 2.24) is 0 Å². The van der Waals surface area contributed by atoms with E-state index in [9.17, 15) is 9.59 Å². The number of carbonyl (C=O) groups is 1. The van der Waals surface area contributed by atoms with E-state index >= 15 is 0 Å². The van der Waals surface area contributed by atoms with E-state index in [-0.39, 0.29) is 23.9 Å². The summed E-state index contributed by atoms with van der Waals surface area (Å²) in [6, 6.07) is 12.6. The highest BCUT2D eigenvalue weighted by molar-refractivity contribution is 5.90. The van der Waals surface area contributed by atoms with E-state index in [0.717, 1.165) is 25.7 Å². The van der Waals surface area contributed by atoms with Crippen LogP contribution in [0.5, 0.6) is 5.75 Å². The zero-order chi connectivity index (χ0) is 18.1. The Morgan fingerprint density at radius 3 is 2.54 bits per heavy atom. The normalized spacial score (nSPS) is 20.3. The van der Waals surface area contributed by atoms with Crippen molar-refractivity contribution in [2.75, 3.05) is 0 Å². The highest BCUT2D eigenvalue weighted by atomic mass is 16.5. The van der Waals surface area contributed by atoms with E-state index in [0.29, 0.717) is 27.7 Å². The Kier molecular flexibility index (Phi) is 4.37. The Bertz CT molecular complexity index is 1010. The van der Waals surface area contributed by atoms with Crippen molar-refractivity contribution in [2.45, 2.75) is 38.2 Å². The average molecular weight is 352 g/mol. The van der Waals surface area contributed by atoms with Gasteiger partial charge in [-0.25, -0.2) is 0 Å². The fourth-order valence-corrected chi connectivity index (χ4v) is 3.75. The number of hydrogen-bond donors (Lipinski definition) is 1. The first-order valence-electron chi connectivity index (χ1n) is 8.94. The molecule has 0 saturated heterocycles. The Hall–Kier alpha value is -2.82. The maximum absolute atomic E-state index is 12.7. The molecule has 0 atom stereocenters. The Labute approximate surface area is 150 Å². The van der Waals surface area contributed by atoms with Gasteiger partial charge in [0.25, 0.3) is 0 Å². The maximum atomic E-state index is 12.7. The molecule has 0 unspecified atom stereocenters. The molecule has 3 aromatic rings. The van der Waals surface area contributed by atoms with Crippen LogP contribution in [-0.2, 0) is 4.79 Å². The summed E-state index contributed by atoms with van der Waals surface area (Å²) in [5.74, 6) is 0.159. The second-order valence-electron chi connectivity index (χ2n) is 6.94. The van der Waals surface area contributed by atoms with Gasteiger partial charge in [0.15, 0.2) is 0 Å². The van der Waals surface area contributed by atoms with Gasteiger partial charge in [-0.3, -0.25) is 9.59 Å². The number of benzene rings is 2. The Balaban J connectivity index is 1.55. The lowest BCUT2D eigenvalue weighted by atomic mass is 9.85. The van der Waals surface area contributed by atoms with E-state index < -0.39 is 5.97 Å². The van der Waals surface area contributed by atoms with Gasteiger partial charge >= 0.3 is 5.97 Å². The molecule has 5 nitrogen and oxygen atoms in total. The van der Waals surface area contributed by atoms with Crippen LogP contribution in [0, 0.1) is 5.92 Å². The molecule has 4 rings (SSSR count). The topological polar surface area (TPSA) is 76.7 Å². The van der Waals surface area contributed by atoms with E-state index in [1.807, 2.05) is 18.2 Å². The van der Waals surface area contributed by atoms with Crippen LogP contribution in [0.4, 0.5) is 0 Å². The van der Waals surface area contributed by atoms with Crippen molar-refractivity contribution in [2.24, 2.45) is 5.92 Å². The van der Waals surface area contributed by atoms with Crippen LogP contribution in [-0.4, -0.2) is 17.2 Å². The molecule has 1 aliphatic rings. The molecule has 0 radical (unpaired) electrons. The van der Waals surface area contributed by atoms with Gasteiger partial charge < -0.3 is 14.3 Å². The van der Waals surface area contributed by atoms with Crippen molar-refractivity contribution in [3.8, 4) is 5.75 Å². The third-order valence-electron chi connectivity index (χ3n) is 5.11. The molecule has 1 fully saturated rings. The number of aliphatic carboxylic acids is 1. The third-order valence-corrected chi connectivity index (χ3v) is 5.11. The van der Waals surface area contributed by atoms with Gasteiger partial charge in [-0.05, 0) is 61.9 Å². The van der Waals surface area contributed by atoms with Gasteiger partial charge in [-0.2, -0.15) is 0 Å². The van der Waals surface area contributed by atoms with Gasteiger partial charge in [0.05, 0.1) is 16.9 Å².